The van der Waals surface area contributed by atoms with E-state index in [9.17, 15) is 19.5 Å². The van der Waals surface area contributed by atoms with Crippen LogP contribution >= 0.6 is 0 Å². The highest BCUT2D eigenvalue weighted by Crippen LogP contribution is 2.36. The van der Waals surface area contributed by atoms with E-state index in [1.54, 1.807) is 4.90 Å². The third kappa shape index (κ3) is 3.01. The van der Waals surface area contributed by atoms with Gasteiger partial charge in [0.25, 0.3) is 0 Å². The van der Waals surface area contributed by atoms with Crippen molar-refractivity contribution in [2.75, 3.05) is 13.1 Å². The molecule has 2 unspecified atom stereocenters. The average molecular weight is 285 g/mol. The molecule has 2 heterocycles. The number of fused-ring (bicyclic) bond motifs is 2. The van der Waals surface area contributed by atoms with E-state index in [2.05, 4.69) is 0 Å². The van der Waals surface area contributed by atoms with E-state index in [-0.39, 0.29) is 12.1 Å². The quantitative estimate of drug-likeness (QED) is 0.609. The lowest BCUT2D eigenvalue weighted by molar-refractivity contribution is -0.138. The summed E-state index contributed by atoms with van der Waals surface area (Å²) in [6, 6.07) is -0.647. The molecular weight excluding hydrogens is 266 g/mol. The lowest BCUT2D eigenvalue weighted by atomic mass is 10.0. The van der Waals surface area contributed by atoms with Crippen molar-refractivity contribution in [1.29, 1.82) is 0 Å². The van der Waals surface area contributed by atoms with Crippen molar-refractivity contribution < 1.29 is 24.6 Å². The Bertz CT molecular complexity index is 397. The molecule has 0 aliphatic carbocycles. The zero-order valence-corrected chi connectivity index (χ0v) is 11.1. The maximum Gasteiger partial charge on any atom is 0.323 e. The number of aliphatic carboxylic acids is 1. The van der Waals surface area contributed by atoms with Crippen molar-refractivity contribution in [3.05, 3.63) is 0 Å². The van der Waals surface area contributed by atoms with Crippen molar-refractivity contribution in [2.24, 2.45) is 5.73 Å². The van der Waals surface area contributed by atoms with Crippen LogP contribution in [-0.2, 0) is 9.59 Å². The molecule has 2 rings (SSSR count). The first kappa shape index (κ1) is 14.6. The van der Waals surface area contributed by atoms with Gasteiger partial charge in [0.1, 0.15) is 13.1 Å². The summed E-state index contributed by atoms with van der Waals surface area (Å²) in [7, 11) is 0. The molecule has 2 aliphatic rings. The second-order valence-corrected chi connectivity index (χ2v) is 5.42. The molecule has 0 saturated carbocycles. The fourth-order valence-electron chi connectivity index (χ4n) is 3.17. The molecule has 20 heavy (non-hydrogen) atoms. The molecule has 2 aliphatic heterocycles. The Balaban J connectivity index is 2.11. The molecule has 0 aromatic heterocycles. The van der Waals surface area contributed by atoms with Gasteiger partial charge >= 0.3 is 12.0 Å². The number of piperidine rings is 1. The molecule has 0 aromatic rings. The van der Waals surface area contributed by atoms with E-state index in [1.165, 1.54) is 0 Å². The average Bonchev–Trinajstić information content (AvgIpc) is 2.58. The van der Waals surface area contributed by atoms with Crippen LogP contribution in [0.1, 0.15) is 25.7 Å². The lowest BCUT2D eigenvalue weighted by Gasteiger charge is -2.39. The number of carboxylic acid groups (broad SMARTS) is 1. The van der Waals surface area contributed by atoms with Gasteiger partial charge in [-0.25, -0.2) is 4.79 Å². The Morgan fingerprint density at radius 1 is 1.15 bits per heavy atom. The number of carbonyl (C=O) groups excluding carboxylic acids is 2. The molecule has 0 radical (unpaired) electrons. The summed E-state index contributed by atoms with van der Waals surface area (Å²) in [5.41, 5.74) is 5.06. The van der Waals surface area contributed by atoms with E-state index < -0.39 is 37.1 Å². The molecule has 8 nitrogen and oxygen atoms in total. The third-order valence-electron chi connectivity index (χ3n) is 3.87. The summed E-state index contributed by atoms with van der Waals surface area (Å²) in [4.78, 5) is 36.8. The van der Waals surface area contributed by atoms with Gasteiger partial charge in [-0.15, -0.1) is 0 Å². The van der Waals surface area contributed by atoms with Gasteiger partial charge in [-0.3, -0.25) is 9.59 Å². The summed E-state index contributed by atoms with van der Waals surface area (Å²) in [6.45, 7) is -0.968. The van der Waals surface area contributed by atoms with E-state index >= 15 is 0 Å². The Morgan fingerprint density at radius 2 is 1.70 bits per heavy atom. The van der Waals surface area contributed by atoms with Crippen LogP contribution in [0.25, 0.3) is 0 Å². The van der Waals surface area contributed by atoms with Crippen LogP contribution in [0.5, 0.6) is 0 Å². The van der Waals surface area contributed by atoms with Gasteiger partial charge in [0, 0.05) is 12.1 Å². The van der Waals surface area contributed by atoms with Crippen LogP contribution < -0.4 is 5.73 Å². The minimum atomic E-state index is -1.19. The third-order valence-corrected chi connectivity index (χ3v) is 3.87. The number of carboxylic acids is 1. The molecule has 0 spiro atoms. The van der Waals surface area contributed by atoms with Crippen molar-refractivity contribution in [1.82, 2.24) is 9.80 Å². The fraction of sp³-hybridized carbons (Fsp3) is 0.750. The number of rotatable bonds is 4. The lowest BCUT2D eigenvalue weighted by Crippen LogP contribution is -2.55. The predicted octanol–water partition coefficient (Wildman–Crippen LogP) is -1.03. The van der Waals surface area contributed by atoms with Gasteiger partial charge in [0.2, 0.25) is 5.91 Å². The molecule has 112 valence electrons. The number of hydrogen-bond donors (Lipinski definition) is 3. The van der Waals surface area contributed by atoms with Crippen molar-refractivity contribution in [3.8, 4) is 0 Å². The van der Waals surface area contributed by atoms with Crippen LogP contribution in [-0.4, -0.2) is 69.2 Å². The molecule has 2 fully saturated rings. The summed E-state index contributed by atoms with van der Waals surface area (Å²) in [5.74, 6) is -1.94. The Kier molecular flexibility index (Phi) is 4.12. The molecule has 4 N–H and O–H groups in total. The Labute approximate surface area is 116 Å². The largest absolute Gasteiger partial charge is 0.480 e. The standard InChI is InChI=1S/C12H19N3O5/c13-10(17)5-14(6-11(18)19)12(20)15-7-1-2-8(15)4-9(16)3-7/h7-9,16H,1-6H2,(H2,13,17)(H,18,19). The van der Waals surface area contributed by atoms with Crippen molar-refractivity contribution in [2.45, 2.75) is 43.9 Å². The summed E-state index contributed by atoms with van der Waals surface area (Å²) >= 11 is 0. The van der Waals surface area contributed by atoms with E-state index in [0.717, 1.165) is 17.7 Å². The van der Waals surface area contributed by atoms with E-state index in [0.29, 0.717) is 12.8 Å². The van der Waals surface area contributed by atoms with Gasteiger partial charge in [-0.2, -0.15) is 0 Å². The number of aliphatic hydroxyl groups is 1. The molecule has 8 heteroatoms. The van der Waals surface area contributed by atoms with Crippen molar-refractivity contribution in [3.63, 3.8) is 0 Å². The maximum atomic E-state index is 12.4. The van der Waals surface area contributed by atoms with Gasteiger partial charge in [0.15, 0.2) is 0 Å². The normalized spacial score (nSPS) is 28.2. The highest BCUT2D eigenvalue weighted by molar-refractivity contribution is 5.86. The Hall–Kier alpha value is -1.83. The summed E-state index contributed by atoms with van der Waals surface area (Å²) < 4.78 is 0. The second kappa shape index (κ2) is 5.66. The molecular formula is C12H19N3O5. The van der Waals surface area contributed by atoms with E-state index in [1.807, 2.05) is 0 Å². The first-order valence-electron chi connectivity index (χ1n) is 6.64. The zero-order chi connectivity index (χ0) is 14.9. The highest BCUT2D eigenvalue weighted by Gasteiger charge is 2.44. The molecule has 0 aromatic carbocycles. The van der Waals surface area contributed by atoms with Crippen LogP contribution in [0.4, 0.5) is 4.79 Å². The van der Waals surface area contributed by atoms with Gasteiger partial charge < -0.3 is 25.7 Å². The predicted molar refractivity (Wildman–Crippen MR) is 67.7 cm³/mol. The minimum absolute atomic E-state index is 0.0829. The SMILES string of the molecule is NC(=O)CN(CC(=O)O)C(=O)N1C2CCC1CC(O)C2. The van der Waals surface area contributed by atoms with Crippen molar-refractivity contribution >= 4 is 17.9 Å². The van der Waals surface area contributed by atoms with Crippen LogP contribution in [0, 0.1) is 0 Å². The zero-order valence-electron chi connectivity index (χ0n) is 11.1. The number of aliphatic hydroxyl groups excluding tert-OH is 1. The molecule has 2 bridgehead atoms. The monoisotopic (exact) mass is 285 g/mol. The number of nitrogens with two attached hydrogens (primary N) is 1. The molecule has 3 amide bonds. The minimum Gasteiger partial charge on any atom is -0.480 e. The smallest absolute Gasteiger partial charge is 0.323 e. The van der Waals surface area contributed by atoms with Gasteiger partial charge in [0.05, 0.1) is 6.10 Å². The van der Waals surface area contributed by atoms with Crippen LogP contribution in [0.15, 0.2) is 0 Å². The summed E-state index contributed by atoms with van der Waals surface area (Å²) in [5, 5.41) is 18.5. The summed E-state index contributed by atoms with van der Waals surface area (Å²) in [6.07, 6.45) is 2.18. The highest BCUT2D eigenvalue weighted by atomic mass is 16.4. The van der Waals surface area contributed by atoms with Gasteiger partial charge in [-0.05, 0) is 25.7 Å². The second-order valence-electron chi connectivity index (χ2n) is 5.42. The first-order chi connectivity index (χ1) is 9.38. The number of amides is 3. The van der Waals surface area contributed by atoms with E-state index in [4.69, 9.17) is 10.8 Å². The molecule has 2 saturated heterocycles. The Morgan fingerprint density at radius 3 is 2.15 bits per heavy atom. The molecule has 2 atom stereocenters. The number of carbonyl (C=O) groups is 3. The number of primary amides is 1. The fourth-order valence-corrected chi connectivity index (χ4v) is 3.17. The van der Waals surface area contributed by atoms with Gasteiger partial charge in [-0.1, -0.05) is 0 Å². The number of hydrogen-bond acceptors (Lipinski definition) is 4. The number of urea groups is 1. The first-order valence-corrected chi connectivity index (χ1v) is 6.64. The topological polar surface area (TPSA) is 124 Å². The van der Waals surface area contributed by atoms with Crippen LogP contribution in [0.2, 0.25) is 0 Å². The maximum absolute atomic E-state index is 12.4. The number of nitrogens with zero attached hydrogens (tertiary/aromatic N) is 2. The van der Waals surface area contributed by atoms with Crippen LogP contribution in [0.3, 0.4) is 0 Å².